The molecule has 4 aromatic rings. The number of rotatable bonds is 8. The number of allylic oxidation sites excluding steroid dienone is 4. The second-order valence-electron chi connectivity index (χ2n) is 13.6. The van der Waals surface area contributed by atoms with E-state index >= 15 is 0 Å². The van der Waals surface area contributed by atoms with E-state index < -0.39 is 70.9 Å². The van der Waals surface area contributed by atoms with Crippen molar-refractivity contribution in [1.29, 1.82) is 0 Å². The van der Waals surface area contributed by atoms with Gasteiger partial charge in [-0.2, -0.15) is 52.7 Å². The van der Waals surface area contributed by atoms with Gasteiger partial charge in [0.25, 0.3) is 23.1 Å². The molecule has 0 heterocycles. The monoisotopic (exact) mass is 1090 g/mol. The van der Waals surface area contributed by atoms with Crippen molar-refractivity contribution in [3.63, 3.8) is 0 Å². The number of hydrogen-bond donors (Lipinski definition) is 0. The van der Waals surface area contributed by atoms with Crippen molar-refractivity contribution in [2.24, 2.45) is 0 Å². The molecule has 66 heavy (non-hydrogen) atoms. The summed E-state index contributed by atoms with van der Waals surface area (Å²) >= 11 is 0. The Hall–Kier alpha value is -5.58. The number of carbonyl (C=O) groups excluding carboxylic acids is 4. The van der Waals surface area contributed by atoms with E-state index in [4.69, 9.17) is 0 Å². The maximum Gasteiger partial charge on any atom is 3.00 e. The van der Waals surface area contributed by atoms with E-state index in [0.29, 0.717) is 0 Å². The first-order valence-electron chi connectivity index (χ1n) is 17.6. The summed E-state index contributed by atoms with van der Waals surface area (Å²) in [5.74, 6) is -12.4. The molecule has 9 nitrogen and oxygen atoms in total. The first-order valence-corrected chi connectivity index (χ1v) is 17.6. The van der Waals surface area contributed by atoms with Crippen LogP contribution in [-0.4, -0.2) is 80.5 Å². The quantitative estimate of drug-likeness (QED) is 0.0849. The molecule has 4 aromatic carbocycles. The molecule has 0 saturated heterocycles. The fourth-order valence-corrected chi connectivity index (χ4v) is 3.55. The van der Waals surface area contributed by atoms with Gasteiger partial charge >= 0.3 is 74.1 Å². The van der Waals surface area contributed by atoms with Crippen molar-refractivity contribution in [1.82, 2.24) is 0 Å². The molecule has 0 amide bonds. The minimum Gasteiger partial charge on any atom is -0.872 e. The molecular formula is C44H36EuF12NO8. The van der Waals surface area contributed by atoms with Crippen molar-refractivity contribution in [2.75, 3.05) is 28.2 Å². The normalized spacial score (nSPS) is 12.4. The van der Waals surface area contributed by atoms with Gasteiger partial charge in [-0.1, -0.05) is 144 Å². The first-order chi connectivity index (χ1) is 29.6. The Labute approximate surface area is 410 Å². The largest absolute Gasteiger partial charge is 3.00 e. The van der Waals surface area contributed by atoms with Gasteiger partial charge in [-0.15, -0.1) is 0 Å². The van der Waals surface area contributed by atoms with Crippen molar-refractivity contribution < 1.29 is 146 Å². The first kappa shape index (κ1) is 62.5. The van der Waals surface area contributed by atoms with Gasteiger partial charge in [0.2, 0.25) is 0 Å². The van der Waals surface area contributed by atoms with E-state index in [2.05, 4.69) is 28.2 Å². The molecule has 0 aliphatic heterocycles. The molecule has 0 N–H and O–H groups in total. The van der Waals surface area contributed by atoms with Crippen LogP contribution >= 0.6 is 0 Å². The summed E-state index contributed by atoms with van der Waals surface area (Å²) in [7, 11) is 8.50. The summed E-state index contributed by atoms with van der Waals surface area (Å²) in [6, 6.07) is 29.1. The Morgan fingerprint density at radius 3 is 0.576 bits per heavy atom. The number of nitrogens with zero attached hydrogens (tertiary/aromatic N) is 1. The summed E-state index contributed by atoms with van der Waals surface area (Å²) < 4.78 is 143. The van der Waals surface area contributed by atoms with Crippen LogP contribution < -0.4 is 20.4 Å². The summed E-state index contributed by atoms with van der Waals surface area (Å²) in [5, 5.41) is 44.5. The van der Waals surface area contributed by atoms with E-state index in [9.17, 15) is 92.3 Å². The van der Waals surface area contributed by atoms with Gasteiger partial charge in [0.05, 0.1) is 28.2 Å². The minimum atomic E-state index is -5.00. The predicted octanol–water partition coefficient (Wildman–Crippen LogP) is 6.40. The van der Waals surface area contributed by atoms with Gasteiger partial charge < -0.3 is 24.9 Å². The van der Waals surface area contributed by atoms with Crippen LogP contribution in [0.2, 0.25) is 0 Å². The Morgan fingerprint density at radius 2 is 0.470 bits per heavy atom. The third kappa shape index (κ3) is 28.4. The van der Waals surface area contributed by atoms with E-state index in [0.717, 1.165) is 4.48 Å². The van der Waals surface area contributed by atoms with Gasteiger partial charge in [-0.3, -0.25) is 19.2 Å². The van der Waals surface area contributed by atoms with Crippen molar-refractivity contribution in [3.05, 3.63) is 168 Å². The van der Waals surface area contributed by atoms with Gasteiger partial charge in [-0.25, -0.2) is 0 Å². The molecule has 356 valence electrons. The second kappa shape index (κ2) is 28.5. The van der Waals surface area contributed by atoms with Crippen LogP contribution in [0, 0.1) is 49.4 Å². The van der Waals surface area contributed by atoms with Crippen molar-refractivity contribution in [2.45, 2.75) is 24.7 Å². The molecule has 0 atom stereocenters. The van der Waals surface area contributed by atoms with Crippen LogP contribution in [0.15, 0.2) is 146 Å². The fourth-order valence-electron chi connectivity index (χ4n) is 3.55. The van der Waals surface area contributed by atoms with Crippen molar-refractivity contribution >= 4 is 46.2 Å². The number of hydrogen-bond acceptors (Lipinski definition) is 8. The minimum absolute atomic E-state index is 0. The molecule has 4 rings (SSSR count). The van der Waals surface area contributed by atoms with Crippen LogP contribution in [-0.2, 0) is 19.2 Å². The third-order valence-electron chi connectivity index (χ3n) is 6.40. The number of carbonyl (C=O) groups is 4. The third-order valence-corrected chi connectivity index (χ3v) is 6.40. The van der Waals surface area contributed by atoms with E-state index in [1.54, 1.807) is 24.3 Å². The predicted molar refractivity (Wildman–Crippen MR) is 206 cm³/mol. The van der Waals surface area contributed by atoms with Crippen LogP contribution in [0.3, 0.4) is 0 Å². The number of alkyl halides is 12. The zero-order chi connectivity index (χ0) is 50.4. The van der Waals surface area contributed by atoms with Crippen LogP contribution in [0.1, 0.15) is 22.3 Å². The molecule has 0 aliphatic carbocycles. The zero-order valence-corrected chi connectivity index (χ0v) is 36.9. The second-order valence-corrected chi connectivity index (χ2v) is 13.6. The summed E-state index contributed by atoms with van der Waals surface area (Å²) in [5.41, 5.74) is 0.204. The number of halogens is 12. The molecule has 0 spiro atoms. The number of benzene rings is 4. The Morgan fingerprint density at radius 1 is 0.348 bits per heavy atom. The summed E-state index contributed by atoms with van der Waals surface area (Å²) in [6.07, 6.45) is -19.8. The Kier molecular flexibility index (Phi) is 27.0. The molecule has 0 unspecified atom stereocenters. The SMILES string of the molecule is C[N+](C)(C)C.O=C(/C=C(\[O-])c1ccccc1)C(F)(F)F.O=C(/C=C(\[O-])c1ccccc1)C(F)(F)F.O=C(/C=C(\[O-])c1ccccc1)C(F)(F)F.O=C(/C=C(\[O-])c1ccccc1)C(F)(F)F.[Eu+3]. The van der Waals surface area contributed by atoms with Crippen LogP contribution in [0.25, 0.3) is 23.0 Å². The van der Waals surface area contributed by atoms with Gasteiger partial charge in [0.15, 0.2) is 0 Å². The molecule has 0 aromatic heterocycles. The standard InChI is InChI=1S/4C10H7F3O2.C4H12N.Eu/c4*11-10(12,13)9(15)6-8(14)7-4-2-1-3-5-7;1-5(2,3)4;/h4*1-6,14H;1-4H3;/q;;;;+1;+3/p-4/b4*8-6-;;. The molecule has 0 bridgehead atoms. The number of ketones is 4. The van der Waals surface area contributed by atoms with Crippen LogP contribution in [0.4, 0.5) is 52.7 Å². The smallest absolute Gasteiger partial charge is 0.872 e. The Balaban J connectivity index is 0. The Bertz CT molecular complexity index is 1930. The van der Waals surface area contributed by atoms with Gasteiger partial charge in [0.1, 0.15) is 0 Å². The summed E-state index contributed by atoms with van der Waals surface area (Å²) in [4.78, 5) is 41.8. The summed E-state index contributed by atoms with van der Waals surface area (Å²) in [6.45, 7) is 0. The van der Waals surface area contributed by atoms with Crippen LogP contribution in [0.5, 0.6) is 0 Å². The van der Waals surface area contributed by atoms with E-state index in [1.807, 2.05) is 0 Å². The zero-order valence-electron chi connectivity index (χ0n) is 34.5. The molecule has 0 saturated carbocycles. The van der Waals surface area contributed by atoms with Crippen molar-refractivity contribution in [3.8, 4) is 0 Å². The molecular weight excluding hydrogens is 1050 g/mol. The molecule has 22 heteroatoms. The van der Waals surface area contributed by atoms with E-state index in [1.165, 1.54) is 97.1 Å². The van der Waals surface area contributed by atoms with Gasteiger partial charge in [-0.05, 0) is 46.6 Å². The van der Waals surface area contributed by atoms with E-state index in [-0.39, 0.29) is 95.9 Å². The molecule has 0 radical (unpaired) electrons. The molecule has 0 aliphatic rings. The van der Waals surface area contributed by atoms with Gasteiger partial charge in [0, 0.05) is 0 Å². The maximum absolute atomic E-state index is 11.8. The fraction of sp³-hybridized carbons (Fsp3) is 0.182. The topological polar surface area (TPSA) is 161 Å². The average molecular weight is 1090 g/mol. The maximum atomic E-state index is 11.8. The average Bonchev–Trinajstić information content (AvgIpc) is 3.20. The number of quaternary nitrogens is 1. The molecule has 0 fully saturated rings.